The normalized spacial score (nSPS) is 18.4. The van der Waals surface area contributed by atoms with Gasteiger partial charge in [0.2, 0.25) is 0 Å². The maximum absolute atomic E-state index is 13.5. The molecular weight excluding hydrogens is 341 g/mol. The number of halogens is 2. The quantitative estimate of drug-likeness (QED) is 0.757. The molecule has 1 aliphatic heterocycles. The third kappa shape index (κ3) is 3.84. The highest BCUT2D eigenvalue weighted by Gasteiger charge is 2.51. The predicted octanol–water partition coefficient (Wildman–Crippen LogP) is 4.36. The van der Waals surface area contributed by atoms with Crippen LogP contribution in [0.15, 0.2) is 42.5 Å². The summed E-state index contributed by atoms with van der Waals surface area (Å²) in [6, 6.07) is 12.2. The molecule has 1 aliphatic rings. The molecule has 1 heterocycles. The Morgan fingerprint density at radius 1 is 1.04 bits per heavy atom. The van der Waals surface area contributed by atoms with E-state index in [0.717, 1.165) is 5.46 Å². The Hall–Kier alpha value is -1.56. The number of rotatable bonds is 4. The fourth-order valence-electron chi connectivity index (χ4n) is 2.53. The van der Waals surface area contributed by atoms with Crippen molar-refractivity contribution in [3.8, 4) is 5.75 Å². The minimum absolute atomic E-state index is 0.103. The Bertz CT molecular complexity index is 763. The average molecular weight is 363 g/mol. The van der Waals surface area contributed by atoms with Gasteiger partial charge in [0.1, 0.15) is 18.2 Å². The molecule has 132 valence electrons. The lowest BCUT2D eigenvalue weighted by atomic mass is 9.79. The largest absolute Gasteiger partial charge is 0.494 e. The van der Waals surface area contributed by atoms with Gasteiger partial charge in [-0.15, -0.1) is 0 Å². The van der Waals surface area contributed by atoms with E-state index in [9.17, 15) is 4.39 Å². The highest BCUT2D eigenvalue weighted by atomic mass is 35.5. The van der Waals surface area contributed by atoms with Crippen molar-refractivity contribution in [2.75, 3.05) is 0 Å². The molecule has 0 aliphatic carbocycles. The molecule has 3 rings (SSSR count). The van der Waals surface area contributed by atoms with E-state index in [-0.39, 0.29) is 11.6 Å². The van der Waals surface area contributed by atoms with Crippen LogP contribution in [0.3, 0.4) is 0 Å². The van der Waals surface area contributed by atoms with E-state index < -0.39 is 24.1 Å². The highest BCUT2D eigenvalue weighted by Crippen LogP contribution is 2.36. The number of ether oxygens (including phenoxy) is 1. The van der Waals surface area contributed by atoms with Crippen LogP contribution in [0.2, 0.25) is 5.02 Å². The Morgan fingerprint density at radius 3 is 2.36 bits per heavy atom. The van der Waals surface area contributed by atoms with E-state index >= 15 is 0 Å². The first-order valence-electron chi connectivity index (χ1n) is 8.20. The van der Waals surface area contributed by atoms with Crippen LogP contribution >= 0.6 is 11.6 Å². The first-order chi connectivity index (χ1) is 11.7. The van der Waals surface area contributed by atoms with Crippen molar-refractivity contribution in [3.05, 3.63) is 58.9 Å². The van der Waals surface area contributed by atoms with Crippen LogP contribution in [0.4, 0.5) is 4.39 Å². The molecule has 0 spiro atoms. The minimum Gasteiger partial charge on any atom is -0.489 e. The Morgan fingerprint density at radius 2 is 1.72 bits per heavy atom. The molecule has 0 saturated carbocycles. The summed E-state index contributed by atoms with van der Waals surface area (Å²) in [4.78, 5) is 0. The van der Waals surface area contributed by atoms with E-state index in [1.165, 1.54) is 12.1 Å². The molecule has 0 unspecified atom stereocenters. The molecule has 0 N–H and O–H groups in total. The Labute approximate surface area is 153 Å². The Balaban J connectivity index is 1.71. The van der Waals surface area contributed by atoms with Crippen molar-refractivity contribution in [2.24, 2.45) is 0 Å². The smallest absolute Gasteiger partial charge is 0.489 e. The molecule has 6 heteroatoms. The summed E-state index contributed by atoms with van der Waals surface area (Å²) in [5, 5.41) is 0.103. The van der Waals surface area contributed by atoms with E-state index in [2.05, 4.69) is 0 Å². The predicted molar refractivity (Wildman–Crippen MR) is 97.9 cm³/mol. The van der Waals surface area contributed by atoms with Crippen molar-refractivity contribution in [3.63, 3.8) is 0 Å². The molecule has 1 fully saturated rings. The van der Waals surface area contributed by atoms with Gasteiger partial charge in [-0.1, -0.05) is 29.8 Å². The summed E-state index contributed by atoms with van der Waals surface area (Å²) in [6.45, 7) is 8.32. The Kier molecular flexibility index (Phi) is 4.84. The van der Waals surface area contributed by atoms with Gasteiger partial charge in [0.25, 0.3) is 0 Å². The average Bonchev–Trinajstić information content (AvgIpc) is 2.77. The van der Waals surface area contributed by atoms with Gasteiger partial charge < -0.3 is 14.0 Å². The zero-order chi connectivity index (χ0) is 18.2. The second-order valence-corrected chi connectivity index (χ2v) is 7.61. The minimum atomic E-state index is -0.450. The van der Waals surface area contributed by atoms with Gasteiger partial charge in [-0.3, -0.25) is 0 Å². The van der Waals surface area contributed by atoms with Gasteiger partial charge >= 0.3 is 7.12 Å². The summed E-state index contributed by atoms with van der Waals surface area (Å²) in [6.07, 6.45) is 0. The summed E-state index contributed by atoms with van der Waals surface area (Å²) >= 11 is 5.69. The summed E-state index contributed by atoms with van der Waals surface area (Å²) < 4.78 is 31.4. The lowest BCUT2D eigenvalue weighted by molar-refractivity contribution is 0.00578. The molecule has 1 saturated heterocycles. The first-order valence-corrected chi connectivity index (χ1v) is 8.58. The molecular formula is C19H21BClFO3. The SMILES string of the molecule is CC1(C)OB(c2cccc(OCc3ccc(Cl)c(F)c3)c2)OC1(C)C. The summed E-state index contributed by atoms with van der Waals surface area (Å²) in [5.74, 6) is 0.219. The van der Waals surface area contributed by atoms with E-state index in [1.54, 1.807) is 6.07 Å². The van der Waals surface area contributed by atoms with Crippen LogP contribution in [-0.4, -0.2) is 18.3 Å². The lowest BCUT2D eigenvalue weighted by Gasteiger charge is -2.32. The first kappa shape index (κ1) is 18.2. The summed E-state index contributed by atoms with van der Waals surface area (Å²) in [7, 11) is -0.443. The second kappa shape index (κ2) is 6.63. The van der Waals surface area contributed by atoms with Crippen molar-refractivity contribution in [2.45, 2.75) is 45.5 Å². The van der Waals surface area contributed by atoms with Crippen LogP contribution in [-0.2, 0) is 15.9 Å². The van der Waals surface area contributed by atoms with Crippen molar-refractivity contribution in [1.29, 1.82) is 0 Å². The monoisotopic (exact) mass is 362 g/mol. The van der Waals surface area contributed by atoms with Crippen molar-refractivity contribution < 1.29 is 18.4 Å². The van der Waals surface area contributed by atoms with Crippen molar-refractivity contribution in [1.82, 2.24) is 0 Å². The fraction of sp³-hybridized carbons (Fsp3) is 0.368. The molecule has 2 aromatic carbocycles. The molecule has 0 bridgehead atoms. The van der Waals surface area contributed by atoms with E-state index in [0.29, 0.717) is 11.3 Å². The topological polar surface area (TPSA) is 27.7 Å². The number of benzene rings is 2. The van der Waals surface area contributed by atoms with Crippen LogP contribution in [0, 0.1) is 5.82 Å². The van der Waals surface area contributed by atoms with Crippen molar-refractivity contribution >= 4 is 24.2 Å². The van der Waals surface area contributed by atoms with Gasteiger partial charge in [0.05, 0.1) is 16.2 Å². The lowest BCUT2D eigenvalue weighted by Crippen LogP contribution is -2.41. The van der Waals surface area contributed by atoms with E-state index in [4.69, 9.17) is 25.6 Å². The number of hydrogen-bond acceptors (Lipinski definition) is 3. The van der Waals surface area contributed by atoms with Crippen LogP contribution in [0.5, 0.6) is 5.75 Å². The molecule has 0 radical (unpaired) electrons. The third-order valence-electron chi connectivity index (χ3n) is 4.77. The maximum atomic E-state index is 13.5. The molecule has 25 heavy (non-hydrogen) atoms. The highest BCUT2D eigenvalue weighted by molar-refractivity contribution is 6.62. The molecule has 3 nitrogen and oxygen atoms in total. The molecule has 0 atom stereocenters. The molecule has 0 aromatic heterocycles. The molecule has 2 aromatic rings. The van der Waals surface area contributed by atoms with E-state index in [1.807, 2.05) is 52.0 Å². The maximum Gasteiger partial charge on any atom is 0.494 e. The second-order valence-electron chi connectivity index (χ2n) is 7.20. The van der Waals surface area contributed by atoms with Gasteiger partial charge in [0, 0.05) is 0 Å². The standard InChI is InChI=1S/C19H21BClFO3/c1-18(2)19(3,4)25-20(24-18)14-6-5-7-15(11-14)23-12-13-8-9-16(21)17(22)10-13/h5-11H,12H2,1-4H3. The zero-order valence-corrected chi connectivity index (χ0v) is 15.6. The van der Waals surface area contributed by atoms with Gasteiger partial charge in [0.15, 0.2) is 0 Å². The van der Waals surface area contributed by atoms with Crippen LogP contribution < -0.4 is 10.2 Å². The zero-order valence-electron chi connectivity index (χ0n) is 14.8. The summed E-state index contributed by atoms with van der Waals surface area (Å²) in [5.41, 5.74) is 0.812. The van der Waals surface area contributed by atoms with Crippen LogP contribution in [0.1, 0.15) is 33.3 Å². The van der Waals surface area contributed by atoms with Crippen LogP contribution in [0.25, 0.3) is 0 Å². The van der Waals surface area contributed by atoms with Gasteiger partial charge in [-0.25, -0.2) is 4.39 Å². The third-order valence-corrected chi connectivity index (χ3v) is 5.08. The number of hydrogen-bond donors (Lipinski definition) is 0. The molecule has 0 amide bonds. The fourth-order valence-corrected chi connectivity index (χ4v) is 2.64. The van der Waals surface area contributed by atoms with Gasteiger partial charge in [-0.05, 0) is 63.0 Å². The van der Waals surface area contributed by atoms with Gasteiger partial charge in [-0.2, -0.15) is 0 Å².